The first-order valence-electron chi connectivity index (χ1n) is 11.5. The van der Waals surface area contributed by atoms with Gasteiger partial charge in [0, 0.05) is 40.3 Å². The van der Waals surface area contributed by atoms with Gasteiger partial charge in [0.1, 0.15) is 35.1 Å². The van der Waals surface area contributed by atoms with Gasteiger partial charge in [0.2, 0.25) is 0 Å². The molecule has 0 saturated carbocycles. The van der Waals surface area contributed by atoms with E-state index in [0.29, 0.717) is 11.1 Å². The number of rotatable bonds is 9. The van der Waals surface area contributed by atoms with Crippen LogP contribution in [0.3, 0.4) is 0 Å². The molecule has 0 aliphatic rings. The summed E-state index contributed by atoms with van der Waals surface area (Å²) in [6, 6.07) is 28.6. The van der Waals surface area contributed by atoms with Gasteiger partial charge in [0.25, 0.3) is 0 Å². The van der Waals surface area contributed by atoms with Crippen LogP contribution in [0.5, 0.6) is 23.0 Å². The number of hydrogen-bond donors (Lipinski definition) is 2. The maximum atomic E-state index is 10.3. The average molecular weight is 539 g/mol. The molecule has 0 bridgehead atoms. The molecule has 6 nitrogen and oxygen atoms in total. The fourth-order valence-electron chi connectivity index (χ4n) is 3.82. The summed E-state index contributed by atoms with van der Waals surface area (Å²) in [5.74, 6) is 1.77. The second-order valence-electron chi connectivity index (χ2n) is 8.11. The van der Waals surface area contributed by atoms with Crippen molar-refractivity contribution in [3.8, 4) is 23.0 Å². The molecule has 0 saturated heterocycles. The molecule has 0 fully saturated rings. The Labute approximate surface area is 227 Å². The average Bonchev–Trinajstić information content (AvgIpc) is 2.92. The predicted molar refractivity (Wildman–Crippen MR) is 143 cm³/mol. The molecule has 0 amide bonds. The Balaban J connectivity index is 0.00000380. The third kappa shape index (κ3) is 7.00. The SMILES string of the molecule is COc1ccc(C(N=Cc2ccccc2O)C(N=Cc2ccccc2O)c2ccc(OC)cc2)cc1.[Co]. The van der Waals surface area contributed by atoms with Crippen LogP contribution in [0.2, 0.25) is 0 Å². The van der Waals surface area contributed by atoms with Crippen molar-refractivity contribution in [1.82, 2.24) is 0 Å². The van der Waals surface area contributed by atoms with Crippen LogP contribution in [-0.4, -0.2) is 36.9 Å². The maximum Gasteiger partial charge on any atom is 0.124 e. The number of aromatic hydroxyl groups is 2. The summed E-state index contributed by atoms with van der Waals surface area (Å²) in [7, 11) is 3.25. The van der Waals surface area contributed by atoms with Crippen molar-refractivity contribution in [1.29, 1.82) is 0 Å². The van der Waals surface area contributed by atoms with Crippen molar-refractivity contribution in [3.05, 3.63) is 119 Å². The van der Waals surface area contributed by atoms with Gasteiger partial charge in [-0.15, -0.1) is 0 Å². The van der Waals surface area contributed by atoms with Gasteiger partial charge in [-0.3, -0.25) is 9.98 Å². The van der Waals surface area contributed by atoms with E-state index in [4.69, 9.17) is 19.5 Å². The van der Waals surface area contributed by atoms with Crippen molar-refractivity contribution >= 4 is 12.4 Å². The molecule has 0 aliphatic carbocycles. The minimum absolute atomic E-state index is 0. The van der Waals surface area contributed by atoms with Crippen molar-refractivity contribution in [3.63, 3.8) is 0 Å². The molecule has 0 aliphatic heterocycles. The van der Waals surface area contributed by atoms with Crippen LogP contribution < -0.4 is 9.47 Å². The predicted octanol–water partition coefficient (Wildman–Crippen LogP) is 6.13. The second-order valence-corrected chi connectivity index (χ2v) is 8.11. The smallest absolute Gasteiger partial charge is 0.124 e. The van der Waals surface area contributed by atoms with Gasteiger partial charge >= 0.3 is 0 Å². The number of methoxy groups -OCH3 is 2. The largest absolute Gasteiger partial charge is 0.507 e. The fourth-order valence-corrected chi connectivity index (χ4v) is 3.82. The summed E-state index contributed by atoms with van der Waals surface area (Å²) in [5, 5.41) is 20.6. The van der Waals surface area contributed by atoms with Crippen LogP contribution in [0, 0.1) is 0 Å². The first-order chi connectivity index (χ1) is 17.6. The van der Waals surface area contributed by atoms with E-state index < -0.39 is 12.1 Å². The first kappa shape index (κ1) is 27.5. The third-order valence-corrected chi connectivity index (χ3v) is 5.84. The molecule has 37 heavy (non-hydrogen) atoms. The number of nitrogens with zero attached hydrogens (tertiary/aromatic N) is 2. The van der Waals surface area contributed by atoms with Gasteiger partial charge in [-0.05, 0) is 59.7 Å². The molecule has 4 aromatic rings. The second kappa shape index (κ2) is 13.3. The van der Waals surface area contributed by atoms with E-state index in [2.05, 4.69) is 0 Å². The maximum absolute atomic E-state index is 10.3. The molecule has 0 spiro atoms. The van der Waals surface area contributed by atoms with Crippen LogP contribution in [0.15, 0.2) is 107 Å². The van der Waals surface area contributed by atoms with Gasteiger partial charge < -0.3 is 19.7 Å². The first-order valence-corrected chi connectivity index (χ1v) is 11.5. The van der Waals surface area contributed by atoms with E-state index >= 15 is 0 Å². The van der Waals surface area contributed by atoms with E-state index in [1.54, 1.807) is 63.0 Å². The summed E-state index contributed by atoms with van der Waals surface area (Å²) in [5.41, 5.74) is 3.04. The van der Waals surface area contributed by atoms with E-state index in [1.165, 1.54) is 0 Å². The number of phenols is 2. The Morgan fingerprint density at radius 2 is 0.919 bits per heavy atom. The van der Waals surface area contributed by atoms with E-state index in [1.807, 2.05) is 60.7 Å². The minimum atomic E-state index is -0.439. The van der Waals surface area contributed by atoms with E-state index in [9.17, 15) is 10.2 Å². The third-order valence-electron chi connectivity index (χ3n) is 5.84. The van der Waals surface area contributed by atoms with Crippen molar-refractivity contribution in [2.45, 2.75) is 12.1 Å². The van der Waals surface area contributed by atoms with E-state index in [0.717, 1.165) is 22.6 Å². The summed E-state index contributed by atoms with van der Waals surface area (Å²) >= 11 is 0. The van der Waals surface area contributed by atoms with Crippen LogP contribution in [0.25, 0.3) is 0 Å². The molecule has 0 aromatic heterocycles. The fraction of sp³-hybridized carbons (Fsp3) is 0.133. The van der Waals surface area contributed by atoms with E-state index in [-0.39, 0.29) is 28.3 Å². The van der Waals surface area contributed by atoms with Gasteiger partial charge in [0.05, 0.1) is 14.2 Å². The molecule has 2 N–H and O–H groups in total. The van der Waals surface area contributed by atoms with Crippen molar-refractivity contribution < 1.29 is 36.5 Å². The Hall–Kier alpha value is -4.07. The Morgan fingerprint density at radius 3 is 1.24 bits per heavy atom. The van der Waals surface area contributed by atoms with Gasteiger partial charge in [-0.1, -0.05) is 48.5 Å². The molecule has 2 unspecified atom stereocenters. The molecule has 0 heterocycles. The quantitative estimate of drug-likeness (QED) is 0.251. The topological polar surface area (TPSA) is 83.6 Å². The van der Waals surface area contributed by atoms with Gasteiger partial charge in [0.15, 0.2) is 0 Å². The summed E-state index contributed by atoms with van der Waals surface area (Å²) in [4.78, 5) is 9.80. The molecular formula is C30H28CoN2O4. The number of phenolic OH excluding ortho intramolecular Hbond substituents is 2. The molecule has 4 rings (SSSR count). The van der Waals surface area contributed by atoms with Crippen molar-refractivity contribution in [2.75, 3.05) is 14.2 Å². The van der Waals surface area contributed by atoms with Crippen LogP contribution in [-0.2, 0) is 16.8 Å². The Kier molecular flexibility index (Phi) is 9.89. The van der Waals surface area contributed by atoms with Gasteiger partial charge in [-0.2, -0.15) is 0 Å². The van der Waals surface area contributed by atoms with Crippen LogP contribution in [0.4, 0.5) is 0 Å². The molecule has 4 aromatic carbocycles. The number of hydrogen-bond acceptors (Lipinski definition) is 6. The van der Waals surface area contributed by atoms with Crippen molar-refractivity contribution in [2.24, 2.45) is 9.98 Å². The molecule has 1 radical (unpaired) electrons. The number of para-hydroxylation sites is 2. The summed E-state index contributed by atoms with van der Waals surface area (Å²) in [6.07, 6.45) is 3.33. The molecule has 191 valence electrons. The van der Waals surface area contributed by atoms with Crippen LogP contribution in [0.1, 0.15) is 34.3 Å². The number of benzene rings is 4. The summed E-state index contributed by atoms with van der Waals surface area (Å²) < 4.78 is 10.7. The molecular weight excluding hydrogens is 511 g/mol. The van der Waals surface area contributed by atoms with Crippen LogP contribution >= 0.6 is 0 Å². The standard InChI is InChI=1S/C30H28N2O4.Co/c1-35-25-15-11-21(12-16-25)29(31-19-23-7-3-5-9-27(23)33)30(22-13-17-26(36-2)18-14-22)32-20-24-8-4-6-10-28(24)34;/h3-20,29-30,33-34H,1-2H3;. The van der Waals surface area contributed by atoms with Gasteiger partial charge in [-0.25, -0.2) is 0 Å². The Morgan fingerprint density at radius 1 is 0.568 bits per heavy atom. The zero-order valence-electron chi connectivity index (χ0n) is 20.5. The zero-order valence-corrected chi connectivity index (χ0v) is 21.5. The molecule has 7 heteroatoms. The minimum Gasteiger partial charge on any atom is -0.507 e. The zero-order chi connectivity index (χ0) is 25.3. The molecule has 2 atom stereocenters. The number of aliphatic imine (C=N–C) groups is 2. The summed E-state index contributed by atoms with van der Waals surface area (Å²) in [6.45, 7) is 0. The number of ether oxygens (including phenoxy) is 2. The normalized spacial score (nSPS) is 12.7. The Bertz CT molecular complexity index is 1230. The monoisotopic (exact) mass is 539 g/mol.